The number of hydrogen-bond donors (Lipinski definition) is 2. The van der Waals surface area contributed by atoms with Crippen molar-refractivity contribution in [1.82, 2.24) is 10.3 Å². The maximum absolute atomic E-state index is 12.5. The first-order valence-electron chi connectivity index (χ1n) is 9.70. The van der Waals surface area contributed by atoms with E-state index >= 15 is 0 Å². The highest BCUT2D eigenvalue weighted by Crippen LogP contribution is 2.27. The quantitative estimate of drug-likeness (QED) is 0.818. The Kier molecular flexibility index (Phi) is 6.40. The van der Waals surface area contributed by atoms with E-state index in [0.29, 0.717) is 5.92 Å². The van der Waals surface area contributed by atoms with Crippen molar-refractivity contribution in [2.24, 2.45) is 11.7 Å². The van der Waals surface area contributed by atoms with Crippen LogP contribution < -0.4 is 11.1 Å². The van der Waals surface area contributed by atoms with Crippen LogP contribution in [0.15, 0.2) is 48.8 Å². The molecule has 2 aromatic rings. The molecule has 1 unspecified atom stereocenters. The van der Waals surface area contributed by atoms with Gasteiger partial charge in [-0.05, 0) is 48.1 Å². The van der Waals surface area contributed by atoms with E-state index in [4.69, 9.17) is 5.73 Å². The molecular weight excluding hydrogens is 322 g/mol. The van der Waals surface area contributed by atoms with Gasteiger partial charge >= 0.3 is 0 Å². The van der Waals surface area contributed by atoms with E-state index in [1.54, 1.807) is 6.20 Å². The molecule has 0 saturated heterocycles. The first-order chi connectivity index (χ1) is 12.6. The number of nitrogens with one attached hydrogen (secondary N) is 1. The minimum atomic E-state index is -0.415. The molecule has 0 bridgehead atoms. The number of pyridine rings is 1. The molecule has 3 N–H and O–H groups in total. The van der Waals surface area contributed by atoms with Crippen LogP contribution in [-0.2, 0) is 4.79 Å². The fraction of sp³-hybridized carbons (Fsp3) is 0.455. The van der Waals surface area contributed by atoms with Crippen LogP contribution in [0.2, 0.25) is 0 Å². The van der Waals surface area contributed by atoms with Crippen molar-refractivity contribution < 1.29 is 4.79 Å². The Morgan fingerprint density at radius 3 is 2.69 bits per heavy atom. The minimum Gasteiger partial charge on any atom is -0.348 e. The Morgan fingerprint density at radius 1 is 1.19 bits per heavy atom. The van der Waals surface area contributed by atoms with Gasteiger partial charge in [0.05, 0.1) is 12.1 Å². The summed E-state index contributed by atoms with van der Waals surface area (Å²) in [5.74, 6) is 0.559. The monoisotopic (exact) mass is 351 g/mol. The number of carbonyl (C=O) groups excluding carboxylic acids is 1. The first-order valence-corrected chi connectivity index (χ1v) is 9.70. The van der Waals surface area contributed by atoms with E-state index in [2.05, 4.69) is 22.4 Å². The van der Waals surface area contributed by atoms with Gasteiger partial charge in [0.2, 0.25) is 5.91 Å². The maximum Gasteiger partial charge on any atom is 0.237 e. The predicted octanol–water partition coefficient (Wildman–Crippen LogP) is 4.22. The van der Waals surface area contributed by atoms with Crippen LogP contribution in [0.4, 0.5) is 0 Å². The molecule has 1 saturated carbocycles. The zero-order valence-electron chi connectivity index (χ0n) is 15.5. The normalized spacial score (nSPS) is 17.5. The van der Waals surface area contributed by atoms with Gasteiger partial charge in [0.25, 0.3) is 0 Å². The molecule has 1 aliphatic rings. The fourth-order valence-electron chi connectivity index (χ4n) is 3.81. The van der Waals surface area contributed by atoms with Crippen molar-refractivity contribution >= 4 is 5.91 Å². The van der Waals surface area contributed by atoms with Crippen LogP contribution >= 0.6 is 0 Å². The Bertz CT molecular complexity index is 710. The highest BCUT2D eigenvalue weighted by molar-refractivity contribution is 5.82. The molecule has 1 heterocycles. The Balaban J connectivity index is 1.60. The fourth-order valence-corrected chi connectivity index (χ4v) is 3.81. The lowest BCUT2D eigenvalue weighted by molar-refractivity contribution is -0.123. The lowest BCUT2D eigenvalue weighted by atomic mass is 9.85. The molecule has 1 amide bonds. The smallest absolute Gasteiger partial charge is 0.237 e. The van der Waals surface area contributed by atoms with E-state index in [1.165, 1.54) is 32.1 Å². The summed E-state index contributed by atoms with van der Waals surface area (Å²) in [5, 5.41) is 3.08. The summed E-state index contributed by atoms with van der Waals surface area (Å²) in [6.45, 7) is 2.01. The Labute approximate surface area is 156 Å². The molecular formula is C22H29N3O. The molecule has 1 aromatic carbocycles. The largest absolute Gasteiger partial charge is 0.348 e. The van der Waals surface area contributed by atoms with Crippen LogP contribution in [0.25, 0.3) is 11.1 Å². The summed E-state index contributed by atoms with van der Waals surface area (Å²) in [6, 6.07) is 11.7. The van der Waals surface area contributed by atoms with Gasteiger partial charge in [-0.1, -0.05) is 56.4 Å². The summed E-state index contributed by atoms with van der Waals surface area (Å²) in [4.78, 5) is 16.7. The molecule has 4 heteroatoms. The number of nitrogens with two attached hydrogens (primary N) is 1. The Morgan fingerprint density at radius 2 is 1.96 bits per heavy atom. The lowest BCUT2D eigenvalue weighted by Gasteiger charge is -2.25. The number of hydrogen-bond acceptors (Lipinski definition) is 3. The van der Waals surface area contributed by atoms with E-state index in [0.717, 1.165) is 23.1 Å². The third kappa shape index (κ3) is 4.92. The summed E-state index contributed by atoms with van der Waals surface area (Å²) in [5.41, 5.74) is 9.42. The highest BCUT2D eigenvalue weighted by Gasteiger charge is 2.22. The van der Waals surface area contributed by atoms with E-state index in [-0.39, 0.29) is 11.9 Å². The number of carbonyl (C=O) groups is 1. The van der Waals surface area contributed by atoms with E-state index in [9.17, 15) is 4.79 Å². The van der Waals surface area contributed by atoms with Gasteiger partial charge in [0.1, 0.15) is 0 Å². The van der Waals surface area contributed by atoms with Gasteiger partial charge in [-0.3, -0.25) is 9.78 Å². The SMILES string of the molecule is C[C@H](NC(=O)C(N)CC1CCCCC1)c1cccc(-c2cccnc2)c1. The number of benzene rings is 1. The summed E-state index contributed by atoms with van der Waals surface area (Å²) < 4.78 is 0. The van der Waals surface area contributed by atoms with Crippen LogP contribution in [0.5, 0.6) is 0 Å². The van der Waals surface area contributed by atoms with E-state index < -0.39 is 6.04 Å². The molecule has 1 fully saturated rings. The van der Waals surface area contributed by atoms with Crippen molar-refractivity contribution in [2.75, 3.05) is 0 Å². The summed E-state index contributed by atoms with van der Waals surface area (Å²) in [7, 11) is 0. The number of nitrogens with zero attached hydrogens (tertiary/aromatic N) is 1. The molecule has 4 nitrogen and oxygen atoms in total. The average Bonchev–Trinajstić information content (AvgIpc) is 2.69. The molecule has 0 radical (unpaired) electrons. The van der Waals surface area contributed by atoms with Crippen molar-refractivity contribution in [3.05, 3.63) is 54.4 Å². The van der Waals surface area contributed by atoms with Crippen molar-refractivity contribution in [3.8, 4) is 11.1 Å². The number of rotatable bonds is 6. The zero-order chi connectivity index (χ0) is 18.4. The second kappa shape index (κ2) is 8.95. The summed E-state index contributed by atoms with van der Waals surface area (Å²) >= 11 is 0. The number of aromatic nitrogens is 1. The minimum absolute atomic E-state index is 0.0464. The van der Waals surface area contributed by atoms with Crippen LogP contribution in [0, 0.1) is 5.92 Å². The molecule has 2 atom stereocenters. The lowest BCUT2D eigenvalue weighted by Crippen LogP contribution is -2.42. The van der Waals surface area contributed by atoms with Gasteiger partial charge in [0, 0.05) is 12.4 Å². The van der Waals surface area contributed by atoms with Crippen molar-refractivity contribution in [2.45, 2.75) is 57.5 Å². The average molecular weight is 351 g/mol. The van der Waals surface area contributed by atoms with Gasteiger partial charge in [-0.2, -0.15) is 0 Å². The second-order valence-corrected chi connectivity index (χ2v) is 7.44. The number of amides is 1. The maximum atomic E-state index is 12.5. The van der Waals surface area contributed by atoms with E-state index in [1.807, 2.05) is 37.4 Å². The second-order valence-electron chi connectivity index (χ2n) is 7.44. The molecule has 0 aliphatic heterocycles. The third-order valence-corrected chi connectivity index (χ3v) is 5.39. The van der Waals surface area contributed by atoms with Gasteiger partial charge in [-0.25, -0.2) is 0 Å². The zero-order valence-corrected chi connectivity index (χ0v) is 15.5. The van der Waals surface area contributed by atoms with Crippen LogP contribution in [0.1, 0.15) is 57.1 Å². The molecule has 1 aromatic heterocycles. The molecule has 3 rings (SSSR count). The van der Waals surface area contributed by atoms with Crippen LogP contribution in [0.3, 0.4) is 0 Å². The molecule has 1 aliphatic carbocycles. The van der Waals surface area contributed by atoms with Gasteiger partial charge in [-0.15, -0.1) is 0 Å². The predicted molar refractivity (Wildman–Crippen MR) is 105 cm³/mol. The molecule has 0 spiro atoms. The van der Waals surface area contributed by atoms with Crippen LogP contribution in [-0.4, -0.2) is 16.9 Å². The first kappa shape index (κ1) is 18.6. The van der Waals surface area contributed by atoms with Crippen molar-refractivity contribution in [3.63, 3.8) is 0 Å². The topological polar surface area (TPSA) is 68.0 Å². The standard InChI is InChI=1S/C22H29N3O/c1-16(25-22(26)21(23)13-17-7-3-2-4-8-17)18-9-5-10-19(14-18)20-11-6-12-24-15-20/h5-6,9-12,14-17,21H,2-4,7-8,13,23H2,1H3,(H,25,26)/t16-,21?/m0/s1. The third-order valence-electron chi connectivity index (χ3n) is 5.39. The summed E-state index contributed by atoms with van der Waals surface area (Å²) in [6.07, 6.45) is 10.7. The highest BCUT2D eigenvalue weighted by atomic mass is 16.2. The molecule has 138 valence electrons. The van der Waals surface area contributed by atoms with Gasteiger partial charge in [0.15, 0.2) is 0 Å². The van der Waals surface area contributed by atoms with Gasteiger partial charge < -0.3 is 11.1 Å². The van der Waals surface area contributed by atoms with Crippen molar-refractivity contribution in [1.29, 1.82) is 0 Å². The Hall–Kier alpha value is -2.20. The molecule has 26 heavy (non-hydrogen) atoms.